The van der Waals surface area contributed by atoms with Gasteiger partial charge in [0.1, 0.15) is 41.1 Å². The molecule has 0 aliphatic heterocycles. The zero-order chi connectivity index (χ0) is 61.6. The van der Waals surface area contributed by atoms with Gasteiger partial charge in [-0.3, -0.25) is 19.2 Å². The molecule has 0 saturated carbocycles. The number of aromatic hydroxyl groups is 2. The van der Waals surface area contributed by atoms with E-state index in [2.05, 4.69) is 73.4 Å². The molecule has 3 aromatic carbocycles. The van der Waals surface area contributed by atoms with Gasteiger partial charge in [0.25, 0.3) is 0 Å². The van der Waals surface area contributed by atoms with E-state index in [0.29, 0.717) is 25.2 Å². The second-order valence-corrected chi connectivity index (χ2v) is 22.5. The average Bonchev–Trinajstić information content (AvgIpc) is 3.33. The fourth-order valence-corrected chi connectivity index (χ4v) is 7.07. The van der Waals surface area contributed by atoms with Crippen molar-refractivity contribution in [3.05, 3.63) is 83.4 Å². The predicted octanol–water partition coefficient (Wildman–Crippen LogP) is 7.80. The molecule has 3 rings (SSSR count). The molecular formula is C58H89N7O15. The number of ether oxygens (including phenoxy) is 3. The van der Waals surface area contributed by atoms with Crippen molar-refractivity contribution in [3.8, 4) is 11.5 Å². The number of phenols is 2. The van der Waals surface area contributed by atoms with Gasteiger partial charge in [0.2, 0.25) is 17.7 Å². The molecule has 6 amide bonds. The van der Waals surface area contributed by atoms with Gasteiger partial charge in [0.05, 0.1) is 24.0 Å². The molecule has 22 heteroatoms. The minimum absolute atomic E-state index is 0.0137. The van der Waals surface area contributed by atoms with Crippen LogP contribution in [0, 0.1) is 17.3 Å². The number of phenolic OH excluding ortho intramolecular Hbond substituents is 2. The molecule has 11 N–H and O–H groups in total. The molecular weight excluding hydrogens is 1030 g/mol. The molecule has 0 radical (unpaired) electrons. The molecule has 446 valence electrons. The summed E-state index contributed by atoms with van der Waals surface area (Å²) in [6.07, 6.45) is 0.876. The zero-order valence-corrected chi connectivity index (χ0v) is 49.3. The normalized spacial score (nSPS) is 12.8. The van der Waals surface area contributed by atoms with Crippen molar-refractivity contribution in [2.45, 2.75) is 177 Å². The summed E-state index contributed by atoms with van der Waals surface area (Å²) in [4.78, 5) is 102. The van der Waals surface area contributed by atoms with E-state index in [9.17, 15) is 43.8 Å². The van der Waals surface area contributed by atoms with Crippen LogP contribution in [0.2, 0.25) is 0 Å². The summed E-state index contributed by atoms with van der Waals surface area (Å²) >= 11 is 0. The van der Waals surface area contributed by atoms with Crippen LogP contribution in [-0.4, -0.2) is 112 Å². The van der Waals surface area contributed by atoms with E-state index in [4.69, 9.17) is 34.6 Å². The first-order chi connectivity index (χ1) is 37.1. The number of Topliss-reactive ketones (excluding diaryl/α,β-unsaturated/α-hetero) is 1. The molecule has 0 aromatic heterocycles. The number of amides is 6. The van der Waals surface area contributed by atoms with Crippen LogP contribution in [0.5, 0.6) is 11.5 Å². The van der Waals surface area contributed by atoms with E-state index in [1.165, 1.54) is 19.1 Å². The summed E-state index contributed by atoms with van der Waals surface area (Å²) in [5.41, 5.74) is 7.13. The smallest absolute Gasteiger partial charge is 0.408 e. The van der Waals surface area contributed by atoms with E-state index in [1.54, 1.807) is 72.7 Å². The fourth-order valence-electron chi connectivity index (χ4n) is 7.07. The minimum Gasteiger partial charge on any atom is -0.506 e. The largest absolute Gasteiger partial charge is 0.506 e. The van der Waals surface area contributed by atoms with Crippen LogP contribution >= 0.6 is 0 Å². The quantitative estimate of drug-likeness (QED) is 0.0339. The molecule has 0 aliphatic rings. The number of anilines is 2. The van der Waals surface area contributed by atoms with Crippen LogP contribution in [0.3, 0.4) is 0 Å². The second kappa shape index (κ2) is 35.9. The van der Waals surface area contributed by atoms with Gasteiger partial charge < -0.3 is 67.2 Å². The standard InChI is InChI=1S/C33H48N4O7.C23H37N3O5.CO2.CH4O/c1-21(32(3,4)5)16-25(36-31(42)44-33(6,7)8)17-24-14-15-27(38)26(18-24)37-28(39)19-34-29(40)22(2)35-30(41)43-20-23-12-10-9-11-13-23;1-14(2)11-17(25-22(30)31-23(4,5)6)12-16-7-8-20(28)18(13-16)26-21(29)10-9-19(27)15(3)24;2-1-3;1-2/h9-15,18,21-22,25,38H,16-17,19-20H2,1-8H3,(H,34,40)(H,35,41)(H,36,42)(H,37,39);7-8,13-15,17,28H,9-12,24H2,1-6H3,(H,25,30)(H,26,29);;2H,1H3/t21?,22?,25-;15?,17-;;/m11../s1. The fraction of sp³-hybridized carbons (Fsp3) is 0.552. The van der Waals surface area contributed by atoms with Crippen molar-refractivity contribution in [2.75, 3.05) is 24.3 Å². The van der Waals surface area contributed by atoms with Crippen LogP contribution in [0.25, 0.3) is 0 Å². The minimum atomic E-state index is -0.951. The number of alkyl carbamates (subject to hydrolysis) is 3. The Morgan fingerprint density at radius 3 is 1.48 bits per heavy atom. The van der Waals surface area contributed by atoms with Crippen molar-refractivity contribution >= 4 is 59.3 Å². The maximum atomic E-state index is 12.6. The lowest BCUT2D eigenvalue weighted by atomic mass is 9.78. The lowest BCUT2D eigenvalue weighted by molar-refractivity contribution is -0.191. The number of aliphatic hydroxyl groups is 1. The summed E-state index contributed by atoms with van der Waals surface area (Å²) < 4.78 is 16.0. The van der Waals surface area contributed by atoms with Crippen LogP contribution < -0.4 is 37.6 Å². The first-order valence-electron chi connectivity index (χ1n) is 26.3. The molecule has 0 saturated heterocycles. The van der Waals surface area contributed by atoms with Crippen molar-refractivity contribution in [3.63, 3.8) is 0 Å². The van der Waals surface area contributed by atoms with E-state index < -0.39 is 53.4 Å². The summed E-state index contributed by atoms with van der Waals surface area (Å²) in [7, 11) is 1.00. The number of aliphatic hydroxyl groups excluding tert-OH is 1. The van der Waals surface area contributed by atoms with Crippen molar-refractivity contribution in [2.24, 2.45) is 23.0 Å². The van der Waals surface area contributed by atoms with E-state index in [-0.39, 0.29) is 90.1 Å². The lowest BCUT2D eigenvalue weighted by Crippen LogP contribution is -2.46. The van der Waals surface area contributed by atoms with Crippen LogP contribution in [-0.2, 0) is 62.4 Å². The summed E-state index contributed by atoms with van der Waals surface area (Å²) in [6, 6.07) is 16.8. The number of nitrogens with one attached hydrogen (secondary N) is 6. The van der Waals surface area contributed by atoms with Gasteiger partial charge in [-0.1, -0.05) is 84.0 Å². The summed E-state index contributed by atoms with van der Waals surface area (Å²) in [5, 5.41) is 43.5. The molecule has 0 aliphatic carbocycles. The molecule has 3 unspecified atom stereocenters. The van der Waals surface area contributed by atoms with Crippen LogP contribution in [0.1, 0.15) is 139 Å². The Morgan fingerprint density at radius 1 is 0.600 bits per heavy atom. The maximum Gasteiger partial charge on any atom is 0.408 e. The Morgan fingerprint density at radius 2 is 1.05 bits per heavy atom. The van der Waals surface area contributed by atoms with Gasteiger partial charge in [-0.15, -0.1) is 0 Å². The lowest BCUT2D eigenvalue weighted by Gasteiger charge is -2.32. The van der Waals surface area contributed by atoms with Gasteiger partial charge >= 0.3 is 24.4 Å². The van der Waals surface area contributed by atoms with Gasteiger partial charge in [-0.05, 0) is 139 Å². The number of ketones is 1. The molecule has 5 atom stereocenters. The van der Waals surface area contributed by atoms with Crippen molar-refractivity contribution in [1.29, 1.82) is 0 Å². The van der Waals surface area contributed by atoms with E-state index >= 15 is 0 Å². The third kappa shape index (κ3) is 33.0. The number of hydrogen-bond acceptors (Lipinski definition) is 16. The van der Waals surface area contributed by atoms with E-state index in [1.807, 2.05) is 30.3 Å². The third-order valence-electron chi connectivity index (χ3n) is 11.4. The second-order valence-electron chi connectivity index (χ2n) is 22.5. The monoisotopic (exact) mass is 1120 g/mol. The van der Waals surface area contributed by atoms with E-state index in [0.717, 1.165) is 30.2 Å². The highest BCUT2D eigenvalue weighted by Gasteiger charge is 2.28. The van der Waals surface area contributed by atoms with Crippen molar-refractivity contribution < 1.29 is 72.7 Å². The number of nitrogens with two attached hydrogens (primary N) is 1. The average molecular weight is 1120 g/mol. The SMILES string of the molecule is CC(C)C[C@H](Cc1ccc(O)c(NC(=O)CCC(=O)C(C)N)c1)NC(=O)OC(C)(C)C.CC(NC(=O)OCc1ccccc1)C(=O)NCC(=O)Nc1cc(C[C@@H](CC(C)C(C)(C)C)NC(=O)OC(C)(C)C)ccc1O.CO.O=C=O. The van der Waals surface area contributed by atoms with Crippen LogP contribution in [0.15, 0.2) is 66.7 Å². The number of carbonyl (C=O) groups is 7. The molecule has 22 nitrogen and oxygen atoms in total. The number of carbonyl (C=O) groups excluding carboxylic acids is 9. The Kier molecular flexibility index (Phi) is 32.5. The van der Waals surface area contributed by atoms with Crippen molar-refractivity contribution in [1.82, 2.24) is 21.3 Å². The number of benzene rings is 3. The van der Waals surface area contributed by atoms with Gasteiger partial charge in [-0.25, -0.2) is 14.4 Å². The highest BCUT2D eigenvalue weighted by Crippen LogP contribution is 2.31. The molecule has 0 bridgehead atoms. The van der Waals surface area contributed by atoms with Gasteiger partial charge in [0.15, 0.2) is 0 Å². The van der Waals surface area contributed by atoms with Gasteiger partial charge in [0, 0.05) is 32.0 Å². The number of rotatable bonds is 22. The Balaban J connectivity index is 0.00000152. The predicted molar refractivity (Wildman–Crippen MR) is 303 cm³/mol. The molecule has 80 heavy (non-hydrogen) atoms. The highest BCUT2D eigenvalue weighted by atomic mass is 16.6. The Hall–Kier alpha value is -7.55. The first kappa shape index (κ1) is 72.5. The zero-order valence-electron chi connectivity index (χ0n) is 49.3. The van der Waals surface area contributed by atoms with Crippen LogP contribution in [0.4, 0.5) is 25.8 Å². The topological polar surface area (TPSA) is 340 Å². The molecule has 0 heterocycles. The highest BCUT2D eigenvalue weighted by molar-refractivity contribution is 5.97. The summed E-state index contributed by atoms with van der Waals surface area (Å²) in [5.74, 6) is -1.35. The Bertz CT molecular complexity index is 2460. The third-order valence-corrected chi connectivity index (χ3v) is 11.4. The molecule has 3 aromatic rings. The molecule has 0 spiro atoms. The maximum absolute atomic E-state index is 12.6. The van der Waals surface area contributed by atoms with Gasteiger partial charge in [-0.2, -0.15) is 9.59 Å². The Labute approximate surface area is 471 Å². The molecule has 0 fully saturated rings. The number of hydrogen-bond donors (Lipinski definition) is 10. The summed E-state index contributed by atoms with van der Waals surface area (Å²) in [6.45, 7) is 26.2. The first-order valence-corrected chi connectivity index (χ1v) is 26.3.